The molecule has 0 fully saturated rings. The van der Waals surface area contributed by atoms with Crippen LogP contribution in [0, 0.1) is 0 Å². The lowest BCUT2D eigenvalue weighted by molar-refractivity contribution is -0.138. The molecule has 0 aliphatic heterocycles. The van der Waals surface area contributed by atoms with Crippen molar-refractivity contribution in [3.63, 3.8) is 0 Å². The molecule has 19 heavy (non-hydrogen) atoms. The van der Waals surface area contributed by atoms with Crippen LogP contribution in [0.1, 0.15) is 22.8 Å². The molecule has 0 bridgehead atoms. The smallest absolute Gasteiger partial charge is 0.392 e. The van der Waals surface area contributed by atoms with E-state index in [-0.39, 0.29) is 4.99 Å². The Morgan fingerprint density at radius 2 is 1.89 bits per heavy atom. The molecule has 0 aliphatic rings. The molecule has 104 valence electrons. The fraction of sp³-hybridized carbons (Fsp3) is 0.333. The van der Waals surface area contributed by atoms with Gasteiger partial charge in [-0.2, -0.15) is 13.2 Å². The summed E-state index contributed by atoms with van der Waals surface area (Å²) in [5.41, 5.74) is 4.01. The molecule has 0 saturated heterocycles. The van der Waals surface area contributed by atoms with Crippen molar-refractivity contribution in [2.45, 2.75) is 19.1 Å². The predicted octanol–water partition coefficient (Wildman–Crippen LogP) is 2.45. The highest BCUT2D eigenvalue weighted by molar-refractivity contribution is 7.80. The topological polar surface area (TPSA) is 46.3 Å². The molecule has 0 heterocycles. The van der Waals surface area contributed by atoms with E-state index in [1.165, 1.54) is 19.2 Å². The van der Waals surface area contributed by atoms with E-state index in [0.717, 1.165) is 17.0 Å². The van der Waals surface area contributed by atoms with Gasteiger partial charge < -0.3 is 10.6 Å². The molecule has 1 rings (SSSR count). The molecule has 2 N–H and O–H groups in total. The van der Waals surface area contributed by atoms with E-state index in [1.807, 2.05) is 0 Å². The molecular formula is C12H13F3N2OS. The molecule has 1 aromatic carbocycles. The van der Waals surface area contributed by atoms with Gasteiger partial charge in [0.15, 0.2) is 0 Å². The van der Waals surface area contributed by atoms with Crippen LogP contribution in [0.25, 0.3) is 0 Å². The summed E-state index contributed by atoms with van der Waals surface area (Å²) in [5.74, 6) is -0.770. The number of hydrogen-bond acceptors (Lipinski definition) is 2. The Bertz CT molecular complexity index is 502. The van der Waals surface area contributed by atoms with Gasteiger partial charge in [0.05, 0.1) is 22.2 Å². The van der Waals surface area contributed by atoms with E-state index in [2.05, 4.69) is 0 Å². The fourth-order valence-corrected chi connectivity index (χ4v) is 1.63. The lowest BCUT2D eigenvalue weighted by Crippen LogP contribution is -2.43. The maximum atomic E-state index is 12.8. The SMILES string of the molecule is CC(C(N)=S)N(C)C(=O)c1ccccc1C(F)(F)F. The monoisotopic (exact) mass is 290 g/mol. The zero-order chi connectivity index (χ0) is 14.8. The lowest BCUT2D eigenvalue weighted by Gasteiger charge is -2.25. The average Bonchev–Trinajstić information content (AvgIpc) is 2.35. The van der Waals surface area contributed by atoms with Gasteiger partial charge in [-0.15, -0.1) is 0 Å². The largest absolute Gasteiger partial charge is 0.417 e. The minimum atomic E-state index is -4.58. The van der Waals surface area contributed by atoms with Crippen molar-refractivity contribution in [3.8, 4) is 0 Å². The second-order valence-electron chi connectivity index (χ2n) is 4.04. The highest BCUT2D eigenvalue weighted by Gasteiger charge is 2.36. The van der Waals surface area contributed by atoms with Gasteiger partial charge in [0.2, 0.25) is 0 Å². The number of rotatable bonds is 3. The first kappa shape index (κ1) is 15.4. The second-order valence-corrected chi connectivity index (χ2v) is 4.51. The maximum Gasteiger partial charge on any atom is 0.417 e. The summed E-state index contributed by atoms with van der Waals surface area (Å²) >= 11 is 4.73. The summed E-state index contributed by atoms with van der Waals surface area (Å²) in [6.07, 6.45) is -4.58. The average molecular weight is 290 g/mol. The number of halogens is 3. The zero-order valence-corrected chi connectivity index (χ0v) is 11.2. The number of thiocarbonyl (C=S) groups is 1. The Morgan fingerprint density at radius 3 is 2.37 bits per heavy atom. The first-order valence-electron chi connectivity index (χ1n) is 5.39. The number of nitrogens with zero attached hydrogens (tertiary/aromatic N) is 1. The molecule has 0 aromatic heterocycles. The predicted molar refractivity (Wildman–Crippen MR) is 69.8 cm³/mol. The van der Waals surface area contributed by atoms with Gasteiger partial charge in [-0.05, 0) is 19.1 Å². The highest BCUT2D eigenvalue weighted by Crippen LogP contribution is 2.32. The van der Waals surface area contributed by atoms with Crippen LogP contribution in [0.5, 0.6) is 0 Å². The molecule has 1 aromatic rings. The second kappa shape index (κ2) is 5.56. The number of carbonyl (C=O) groups is 1. The molecule has 7 heteroatoms. The third kappa shape index (κ3) is 3.44. The standard InChI is InChI=1S/C12H13F3N2OS/c1-7(10(16)19)17(2)11(18)8-5-3-4-6-9(8)12(13,14)15/h3-7H,1-2H3,(H2,16,19). The van der Waals surface area contributed by atoms with Gasteiger partial charge in [0.1, 0.15) is 0 Å². The van der Waals surface area contributed by atoms with Crippen LogP contribution in [0.2, 0.25) is 0 Å². The van der Waals surface area contributed by atoms with Gasteiger partial charge in [0.25, 0.3) is 5.91 Å². The number of likely N-dealkylation sites (N-methyl/N-ethyl adjacent to an activating group) is 1. The zero-order valence-electron chi connectivity index (χ0n) is 10.4. The van der Waals surface area contributed by atoms with Crippen molar-refractivity contribution in [3.05, 3.63) is 35.4 Å². The Hall–Kier alpha value is -1.63. The summed E-state index contributed by atoms with van der Waals surface area (Å²) in [6.45, 7) is 1.55. The van der Waals surface area contributed by atoms with E-state index in [1.54, 1.807) is 6.92 Å². The first-order chi connectivity index (χ1) is 8.66. The summed E-state index contributed by atoms with van der Waals surface area (Å²) in [6, 6.07) is 3.99. The molecular weight excluding hydrogens is 277 g/mol. The minimum absolute atomic E-state index is 0.0420. The highest BCUT2D eigenvalue weighted by atomic mass is 32.1. The molecule has 1 amide bonds. The first-order valence-corrected chi connectivity index (χ1v) is 5.79. The van der Waals surface area contributed by atoms with Crippen molar-refractivity contribution < 1.29 is 18.0 Å². The number of hydrogen-bond donors (Lipinski definition) is 1. The van der Waals surface area contributed by atoms with E-state index in [9.17, 15) is 18.0 Å². The van der Waals surface area contributed by atoms with E-state index in [0.29, 0.717) is 0 Å². The summed E-state index contributed by atoms with van der Waals surface area (Å²) < 4.78 is 38.4. The third-order valence-corrected chi connectivity index (χ3v) is 3.12. The van der Waals surface area contributed by atoms with E-state index < -0.39 is 29.3 Å². The summed E-state index contributed by atoms with van der Waals surface area (Å²) in [5, 5.41) is 0. The Labute approximate surface area is 114 Å². The number of nitrogens with two attached hydrogens (primary N) is 1. The van der Waals surface area contributed by atoms with Crippen LogP contribution in [-0.4, -0.2) is 28.9 Å². The van der Waals surface area contributed by atoms with Crippen molar-refractivity contribution in [2.24, 2.45) is 5.73 Å². The van der Waals surface area contributed by atoms with Crippen molar-refractivity contribution >= 4 is 23.1 Å². The van der Waals surface area contributed by atoms with Crippen LogP contribution in [0.15, 0.2) is 24.3 Å². The number of alkyl halides is 3. The summed E-state index contributed by atoms with van der Waals surface area (Å²) in [4.78, 5) is 13.2. The number of benzene rings is 1. The quantitative estimate of drug-likeness (QED) is 0.870. The molecule has 1 atom stereocenters. The Balaban J connectivity index is 3.17. The van der Waals surface area contributed by atoms with Crippen molar-refractivity contribution in [1.82, 2.24) is 4.90 Å². The van der Waals surface area contributed by atoms with Crippen LogP contribution in [0.4, 0.5) is 13.2 Å². The molecule has 3 nitrogen and oxygen atoms in total. The van der Waals surface area contributed by atoms with Crippen LogP contribution in [-0.2, 0) is 6.18 Å². The fourth-order valence-electron chi connectivity index (χ4n) is 1.47. The Morgan fingerprint density at radius 1 is 1.37 bits per heavy atom. The van der Waals surface area contributed by atoms with Crippen molar-refractivity contribution in [2.75, 3.05) is 7.05 Å². The summed E-state index contributed by atoms with van der Waals surface area (Å²) in [7, 11) is 1.36. The Kier molecular flexibility index (Phi) is 4.52. The van der Waals surface area contributed by atoms with Gasteiger partial charge in [-0.25, -0.2) is 0 Å². The molecule has 0 spiro atoms. The molecule has 1 unspecified atom stereocenters. The lowest BCUT2D eigenvalue weighted by atomic mass is 10.1. The maximum absolute atomic E-state index is 12.8. The van der Waals surface area contributed by atoms with E-state index >= 15 is 0 Å². The normalized spacial score (nSPS) is 12.9. The molecule has 0 saturated carbocycles. The minimum Gasteiger partial charge on any atom is -0.392 e. The van der Waals surface area contributed by atoms with E-state index in [4.69, 9.17) is 18.0 Å². The van der Waals surface area contributed by atoms with Gasteiger partial charge >= 0.3 is 6.18 Å². The van der Waals surface area contributed by atoms with Crippen LogP contribution < -0.4 is 5.73 Å². The van der Waals surface area contributed by atoms with Crippen LogP contribution >= 0.6 is 12.2 Å². The van der Waals surface area contributed by atoms with Crippen LogP contribution in [0.3, 0.4) is 0 Å². The molecule has 0 radical (unpaired) electrons. The van der Waals surface area contributed by atoms with Gasteiger partial charge in [-0.1, -0.05) is 24.4 Å². The van der Waals surface area contributed by atoms with Gasteiger partial charge in [0, 0.05) is 7.05 Å². The van der Waals surface area contributed by atoms with Gasteiger partial charge in [-0.3, -0.25) is 4.79 Å². The van der Waals surface area contributed by atoms with Crippen molar-refractivity contribution in [1.29, 1.82) is 0 Å². The number of amides is 1. The third-order valence-electron chi connectivity index (χ3n) is 2.78. The molecule has 0 aliphatic carbocycles. The number of carbonyl (C=O) groups excluding carboxylic acids is 1.